The van der Waals surface area contributed by atoms with Crippen molar-refractivity contribution in [3.05, 3.63) is 145 Å². The van der Waals surface area contributed by atoms with Gasteiger partial charge in [0.1, 0.15) is 18.8 Å². The average molecular weight is 675 g/mol. The van der Waals surface area contributed by atoms with Crippen LogP contribution in [0.2, 0.25) is 0 Å². The Hall–Kier alpha value is -6.88. The largest absolute Gasteiger partial charge is 0.338 e. The van der Waals surface area contributed by atoms with Crippen molar-refractivity contribution in [1.82, 2.24) is 29.2 Å². The molecule has 2 N–H and O–H groups in total. The van der Waals surface area contributed by atoms with Gasteiger partial charge in [-0.3, -0.25) is 19.9 Å². The van der Waals surface area contributed by atoms with Crippen molar-refractivity contribution in [3.63, 3.8) is 0 Å². The molecule has 11 nitrogen and oxygen atoms in total. The third kappa shape index (κ3) is 7.89. The molecule has 0 radical (unpaired) electrons. The van der Waals surface area contributed by atoms with Gasteiger partial charge in [-0.25, -0.2) is 9.97 Å². The van der Waals surface area contributed by atoms with Gasteiger partial charge < -0.3 is 19.0 Å². The summed E-state index contributed by atoms with van der Waals surface area (Å²) in [5.74, 6) is 0.0310. The molecule has 51 heavy (non-hydrogen) atoms. The lowest BCUT2D eigenvalue weighted by atomic mass is 10.1. The van der Waals surface area contributed by atoms with Crippen LogP contribution in [0.15, 0.2) is 139 Å². The minimum absolute atomic E-state index is 0.0949. The molecule has 0 saturated heterocycles. The Kier molecular flexibility index (Phi) is 9.42. The Labute approximate surface area is 293 Å². The molecule has 8 rings (SSSR count). The number of hydrogen-bond acceptors (Lipinski definition) is 7. The molecule has 4 aromatic heterocycles. The molecule has 4 heterocycles. The quantitative estimate of drug-likeness (QED) is 0.169. The van der Waals surface area contributed by atoms with Crippen LogP contribution in [0.25, 0.3) is 44.6 Å². The summed E-state index contributed by atoms with van der Waals surface area (Å²) in [6, 6.07) is 38.7. The molecule has 252 valence electrons. The fourth-order valence-electron chi connectivity index (χ4n) is 5.69. The van der Waals surface area contributed by atoms with Gasteiger partial charge in [-0.05, 0) is 68.4 Å². The lowest BCUT2D eigenvalue weighted by molar-refractivity contribution is -0.117. The van der Waals surface area contributed by atoms with E-state index < -0.39 is 0 Å². The zero-order valence-electron chi connectivity index (χ0n) is 28.0. The molecule has 0 aliphatic rings. The fraction of sp³-hybridized carbons (Fsp3) is 0.100. The first kappa shape index (κ1) is 32.7. The molecular formula is C40H34N8O3. The van der Waals surface area contributed by atoms with Crippen molar-refractivity contribution >= 4 is 45.5 Å². The molecular weight excluding hydrogens is 640 g/mol. The van der Waals surface area contributed by atoms with Crippen molar-refractivity contribution < 1.29 is 14.1 Å². The van der Waals surface area contributed by atoms with Crippen LogP contribution in [0.3, 0.4) is 0 Å². The van der Waals surface area contributed by atoms with E-state index in [2.05, 4.69) is 30.7 Å². The number of para-hydroxylation sites is 4. The van der Waals surface area contributed by atoms with E-state index in [-0.39, 0.29) is 24.9 Å². The van der Waals surface area contributed by atoms with Crippen LogP contribution in [-0.4, -0.2) is 41.1 Å². The van der Waals surface area contributed by atoms with Gasteiger partial charge in [-0.1, -0.05) is 71.4 Å². The van der Waals surface area contributed by atoms with Crippen LogP contribution in [0.1, 0.15) is 11.3 Å². The number of hydrogen-bond donors (Lipinski definition) is 2. The molecule has 2 amide bonds. The number of benzene rings is 4. The highest BCUT2D eigenvalue weighted by molar-refractivity contribution is 5.92. The molecule has 11 heteroatoms. The van der Waals surface area contributed by atoms with E-state index in [1.165, 1.54) is 0 Å². The third-order valence-corrected chi connectivity index (χ3v) is 8.10. The predicted octanol–water partition coefficient (Wildman–Crippen LogP) is 7.68. The number of amides is 2. The first-order valence-corrected chi connectivity index (χ1v) is 16.4. The van der Waals surface area contributed by atoms with Crippen LogP contribution in [-0.2, 0) is 22.7 Å². The topological polar surface area (TPSA) is 133 Å². The van der Waals surface area contributed by atoms with Crippen molar-refractivity contribution in [2.24, 2.45) is 0 Å². The highest BCUT2D eigenvalue weighted by Crippen LogP contribution is 2.23. The van der Waals surface area contributed by atoms with Crippen LogP contribution in [0, 0.1) is 13.8 Å². The number of aryl methyl sites for hydroxylation is 2. The molecule has 0 atom stereocenters. The summed E-state index contributed by atoms with van der Waals surface area (Å²) in [6.07, 6.45) is 3.35. The number of carbonyl (C=O) groups excluding carboxylic acids is 2. The van der Waals surface area contributed by atoms with Gasteiger partial charge >= 0.3 is 0 Å². The van der Waals surface area contributed by atoms with E-state index in [1.807, 2.05) is 134 Å². The Morgan fingerprint density at radius 1 is 0.627 bits per heavy atom. The van der Waals surface area contributed by atoms with E-state index >= 15 is 0 Å². The molecule has 8 aromatic rings. The van der Waals surface area contributed by atoms with Crippen molar-refractivity contribution in [2.75, 3.05) is 10.6 Å². The van der Waals surface area contributed by atoms with Gasteiger partial charge in [0.05, 0.1) is 40.4 Å². The number of fused-ring (bicyclic) bond motifs is 2. The summed E-state index contributed by atoms with van der Waals surface area (Å²) < 4.78 is 8.87. The summed E-state index contributed by atoms with van der Waals surface area (Å²) in [5.41, 5.74) is 9.95. The normalized spacial score (nSPS) is 10.9. The van der Waals surface area contributed by atoms with E-state index in [0.717, 1.165) is 55.8 Å². The fourth-order valence-corrected chi connectivity index (χ4v) is 5.69. The van der Waals surface area contributed by atoms with Crippen molar-refractivity contribution in [1.29, 1.82) is 0 Å². The van der Waals surface area contributed by atoms with E-state index in [4.69, 9.17) is 4.52 Å². The van der Waals surface area contributed by atoms with Crippen LogP contribution in [0.4, 0.5) is 11.6 Å². The number of imidazole rings is 2. The second kappa shape index (κ2) is 14.7. The van der Waals surface area contributed by atoms with Gasteiger partial charge in [0.15, 0.2) is 0 Å². The smallest absolute Gasteiger partial charge is 0.246 e. The number of carbonyl (C=O) groups is 2. The van der Waals surface area contributed by atoms with E-state index in [9.17, 15) is 9.59 Å². The molecule has 0 aliphatic heterocycles. The zero-order valence-corrected chi connectivity index (χ0v) is 28.0. The Balaban J connectivity index is 0.000000159. The van der Waals surface area contributed by atoms with Gasteiger partial charge in [-0.15, -0.1) is 0 Å². The predicted molar refractivity (Wildman–Crippen MR) is 198 cm³/mol. The summed E-state index contributed by atoms with van der Waals surface area (Å²) in [4.78, 5) is 37.9. The summed E-state index contributed by atoms with van der Waals surface area (Å²) in [5, 5.41) is 9.71. The standard InChI is InChI=1S/C21H18N4O.C19H16N4O2/c1-15-6-4-10-18(23-15)16-7-5-8-17(12-16)24-21(26)13-25-14-22-19-9-2-3-11-20(19)25;1-13-5-4-6-14(9-13)16-10-19(25-22-16)21-18(24)11-23-12-20-15-7-2-3-8-17(15)23/h2-12,14H,13H2,1H3,(H,24,26);2-10,12H,11H2,1H3,(H,21,24). The SMILES string of the molecule is Cc1cccc(-c2cc(NC(=O)Cn3cnc4ccccc43)on2)c1.Cc1cccc(-c2cccc(NC(=O)Cn3cnc4ccccc43)c2)n1. The van der Waals surface area contributed by atoms with Gasteiger partial charge in [-0.2, -0.15) is 0 Å². The number of aromatic nitrogens is 6. The maximum absolute atomic E-state index is 12.5. The van der Waals surface area contributed by atoms with Crippen molar-refractivity contribution in [3.8, 4) is 22.5 Å². The maximum atomic E-state index is 12.5. The van der Waals surface area contributed by atoms with Crippen LogP contribution >= 0.6 is 0 Å². The Bertz CT molecular complexity index is 2480. The minimum Gasteiger partial charge on any atom is -0.338 e. The number of anilines is 2. The lowest BCUT2D eigenvalue weighted by Crippen LogP contribution is -2.18. The van der Waals surface area contributed by atoms with Crippen LogP contribution in [0.5, 0.6) is 0 Å². The highest BCUT2D eigenvalue weighted by atomic mass is 16.5. The molecule has 0 fully saturated rings. The summed E-state index contributed by atoms with van der Waals surface area (Å²) in [7, 11) is 0. The number of nitrogens with one attached hydrogen (secondary N) is 2. The maximum Gasteiger partial charge on any atom is 0.246 e. The summed E-state index contributed by atoms with van der Waals surface area (Å²) >= 11 is 0. The summed E-state index contributed by atoms with van der Waals surface area (Å²) in [6.45, 7) is 4.35. The molecule has 0 spiro atoms. The Morgan fingerprint density at radius 2 is 1.24 bits per heavy atom. The van der Waals surface area contributed by atoms with Crippen LogP contribution < -0.4 is 10.6 Å². The zero-order chi connectivity index (χ0) is 35.2. The van der Waals surface area contributed by atoms with Gasteiger partial charge in [0.2, 0.25) is 17.7 Å². The lowest BCUT2D eigenvalue weighted by Gasteiger charge is -2.09. The monoisotopic (exact) mass is 674 g/mol. The third-order valence-electron chi connectivity index (χ3n) is 8.10. The first-order valence-electron chi connectivity index (χ1n) is 16.4. The molecule has 0 bridgehead atoms. The Morgan fingerprint density at radius 3 is 1.90 bits per heavy atom. The first-order chi connectivity index (χ1) is 24.9. The van der Waals surface area contributed by atoms with Gasteiger partial charge in [0.25, 0.3) is 0 Å². The van der Waals surface area contributed by atoms with E-state index in [1.54, 1.807) is 23.3 Å². The minimum atomic E-state index is -0.199. The second-order valence-electron chi connectivity index (χ2n) is 12.0. The highest BCUT2D eigenvalue weighted by Gasteiger charge is 2.12. The number of nitrogens with zero attached hydrogens (tertiary/aromatic N) is 6. The molecule has 0 unspecified atom stereocenters. The number of rotatable bonds is 8. The van der Waals surface area contributed by atoms with Crippen molar-refractivity contribution in [2.45, 2.75) is 26.9 Å². The molecule has 0 aliphatic carbocycles. The number of pyridine rings is 1. The second-order valence-corrected chi connectivity index (χ2v) is 12.0. The van der Waals surface area contributed by atoms with Gasteiger partial charge in [0, 0.05) is 28.6 Å². The molecule has 0 saturated carbocycles. The average Bonchev–Trinajstić information content (AvgIpc) is 3.88. The van der Waals surface area contributed by atoms with E-state index in [0.29, 0.717) is 11.6 Å². The molecule has 4 aromatic carbocycles.